The normalized spacial score (nSPS) is 22.3. The van der Waals surface area contributed by atoms with Gasteiger partial charge >= 0.3 is 0 Å². The molecule has 1 heterocycles. The summed E-state index contributed by atoms with van der Waals surface area (Å²) in [5, 5.41) is 0. The van der Waals surface area contributed by atoms with Crippen LogP contribution in [0.15, 0.2) is 84.1 Å². The molecule has 1 aliphatic heterocycles. The number of allylic oxidation sites excluding steroid dienone is 3. The van der Waals surface area contributed by atoms with Gasteiger partial charge in [0, 0.05) is 24.6 Å². The van der Waals surface area contributed by atoms with E-state index in [1.807, 2.05) is 0 Å². The zero-order valence-electron chi connectivity index (χ0n) is 17.8. The predicted molar refractivity (Wildman–Crippen MR) is 122 cm³/mol. The average molecular weight is 388 g/mol. The molecule has 0 radical (unpaired) electrons. The third kappa shape index (κ3) is 4.75. The fraction of sp³-hybridized carbons (Fsp3) is 0.407. The Morgan fingerprint density at radius 2 is 1.69 bits per heavy atom. The molecule has 0 bridgehead atoms. The Balaban J connectivity index is 1.42. The molecule has 0 spiro atoms. The molecule has 1 aliphatic carbocycles. The first-order chi connectivity index (χ1) is 14.2. The van der Waals surface area contributed by atoms with Crippen LogP contribution in [0, 0.1) is 11.8 Å². The van der Waals surface area contributed by atoms with Gasteiger partial charge < -0.3 is 9.64 Å². The van der Waals surface area contributed by atoms with Crippen LogP contribution in [-0.4, -0.2) is 19.7 Å². The minimum Gasteiger partial charge on any atom is -0.501 e. The molecule has 2 aromatic rings. The van der Waals surface area contributed by atoms with E-state index in [0.29, 0.717) is 6.04 Å². The van der Waals surface area contributed by atoms with Crippen LogP contribution in [0.25, 0.3) is 0 Å². The molecule has 0 saturated carbocycles. The maximum absolute atomic E-state index is 5.45. The molecule has 4 rings (SSSR count). The van der Waals surface area contributed by atoms with Crippen LogP contribution in [0.2, 0.25) is 0 Å². The molecule has 1 saturated heterocycles. The molecule has 2 aliphatic rings. The Morgan fingerprint density at radius 1 is 0.966 bits per heavy atom. The van der Waals surface area contributed by atoms with Crippen molar-refractivity contribution in [1.82, 2.24) is 0 Å². The van der Waals surface area contributed by atoms with Crippen molar-refractivity contribution >= 4 is 5.69 Å². The topological polar surface area (TPSA) is 12.5 Å². The minimum atomic E-state index is 0.538. The minimum absolute atomic E-state index is 0.538. The van der Waals surface area contributed by atoms with Gasteiger partial charge in [-0.1, -0.05) is 61.5 Å². The number of ether oxygens (including phenoxy) is 1. The Morgan fingerprint density at radius 3 is 2.34 bits per heavy atom. The number of nitrogens with zero attached hydrogens (tertiary/aromatic N) is 1. The highest BCUT2D eigenvalue weighted by Gasteiger charge is 2.40. The quantitative estimate of drug-likeness (QED) is 0.519. The van der Waals surface area contributed by atoms with E-state index in [9.17, 15) is 0 Å². The van der Waals surface area contributed by atoms with Gasteiger partial charge in [-0.15, -0.1) is 0 Å². The molecule has 1 fully saturated rings. The highest BCUT2D eigenvalue weighted by Crippen LogP contribution is 2.41. The van der Waals surface area contributed by atoms with Crippen LogP contribution in [0.3, 0.4) is 0 Å². The second-order valence-corrected chi connectivity index (χ2v) is 8.64. The van der Waals surface area contributed by atoms with Gasteiger partial charge in [-0.05, 0) is 60.9 Å². The van der Waals surface area contributed by atoms with Crippen LogP contribution >= 0.6 is 0 Å². The molecular weight excluding hydrogens is 354 g/mol. The van der Waals surface area contributed by atoms with Gasteiger partial charge in [0.05, 0.1) is 18.9 Å². The highest BCUT2D eigenvalue weighted by molar-refractivity contribution is 5.53. The van der Waals surface area contributed by atoms with Crippen LogP contribution in [0.1, 0.15) is 38.2 Å². The van der Waals surface area contributed by atoms with E-state index >= 15 is 0 Å². The summed E-state index contributed by atoms with van der Waals surface area (Å²) in [5.74, 6) is 2.58. The first kappa shape index (κ1) is 19.8. The van der Waals surface area contributed by atoms with Crippen molar-refractivity contribution in [2.45, 2.75) is 45.1 Å². The third-order valence-electron chi connectivity index (χ3n) is 6.54. The highest BCUT2D eigenvalue weighted by atomic mass is 16.5. The Labute approximate surface area is 175 Å². The SMILES string of the molecule is COC1=CC=C(C2C(CCC(C)Cc3ccccc3)CN2c2ccccc2)CC1. The summed E-state index contributed by atoms with van der Waals surface area (Å²) < 4.78 is 5.45. The monoisotopic (exact) mass is 387 g/mol. The summed E-state index contributed by atoms with van der Waals surface area (Å²) in [6.07, 6.45) is 10.4. The number of hydrogen-bond acceptors (Lipinski definition) is 2. The zero-order chi connectivity index (χ0) is 20.1. The summed E-state index contributed by atoms with van der Waals surface area (Å²) in [6.45, 7) is 3.58. The largest absolute Gasteiger partial charge is 0.501 e. The van der Waals surface area contributed by atoms with E-state index in [1.54, 1.807) is 12.7 Å². The lowest BCUT2D eigenvalue weighted by molar-refractivity contribution is 0.261. The second-order valence-electron chi connectivity index (χ2n) is 8.64. The molecule has 3 atom stereocenters. The molecule has 2 heteroatoms. The first-order valence-electron chi connectivity index (χ1n) is 11.0. The molecular formula is C27H33NO. The Kier molecular flexibility index (Phi) is 6.39. The van der Waals surface area contributed by atoms with Crippen LogP contribution in [-0.2, 0) is 11.2 Å². The first-order valence-corrected chi connectivity index (χ1v) is 11.0. The van der Waals surface area contributed by atoms with E-state index in [4.69, 9.17) is 4.74 Å². The fourth-order valence-corrected chi connectivity index (χ4v) is 4.89. The molecule has 3 unspecified atom stereocenters. The van der Waals surface area contributed by atoms with E-state index in [2.05, 4.69) is 84.6 Å². The third-order valence-corrected chi connectivity index (χ3v) is 6.54. The summed E-state index contributed by atoms with van der Waals surface area (Å²) in [6, 6.07) is 22.4. The molecule has 0 N–H and O–H groups in total. The molecule has 2 aromatic carbocycles. The van der Waals surface area contributed by atoms with Gasteiger partial charge in [-0.25, -0.2) is 0 Å². The number of benzene rings is 2. The van der Waals surface area contributed by atoms with Crippen molar-refractivity contribution in [3.05, 3.63) is 89.7 Å². The number of rotatable bonds is 8. The lowest BCUT2D eigenvalue weighted by Crippen LogP contribution is -2.57. The predicted octanol–water partition coefficient (Wildman–Crippen LogP) is 6.40. The van der Waals surface area contributed by atoms with Crippen molar-refractivity contribution < 1.29 is 4.74 Å². The van der Waals surface area contributed by atoms with Crippen molar-refractivity contribution in [1.29, 1.82) is 0 Å². The van der Waals surface area contributed by atoms with E-state index in [0.717, 1.165) is 30.4 Å². The van der Waals surface area contributed by atoms with E-state index in [-0.39, 0.29) is 0 Å². The smallest absolute Gasteiger partial charge is 0.0958 e. The van der Waals surface area contributed by atoms with Gasteiger partial charge in [-0.3, -0.25) is 0 Å². The van der Waals surface area contributed by atoms with Gasteiger partial charge in [-0.2, -0.15) is 0 Å². The van der Waals surface area contributed by atoms with Gasteiger partial charge in [0.15, 0.2) is 0 Å². The second kappa shape index (κ2) is 9.35. The van der Waals surface area contributed by atoms with Crippen molar-refractivity contribution in [3.8, 4) is 0 Å². The summed E-state index contributed by atoms with van der Waals surface area (Å²) in [5.41, 5.74) is 4.39. The zero-order valence-corrected chi connectivity index (χ0v) is 17.8. The summed E-state index contributed by atoms with van der Waals surface area (Å²) >= 11 is 0. The molecule has 152 valence electrons. The number of methoxy groups -OCH3 is 1. The van der Waals surface area contributed by atoms with Gasteiger partial charge in [0.1, 0.15) is 0 Å². The lowest BCUT2D eigenvalue weighted by Gasteiger charge is -2.52. The molecule has 0 amide bonds. The standard InChI is InChI=1S/C27H33NO/c1-21(19-22-9-5-3-6-10-22)13-14-24-20-28(25-11-7-4-8-12-25)27(24)23-15-17-26(29-2)18-16-23/h3-12,15,17,21,24,27H,13-14,16,18-20H2,1-2H3. The van der Waals surface area contributed by atoms with Crippen LogP contribution in [0.5, 0.6) is 0 Å². The van der Waals surface area contributed by atoms with Crippen molar-refractivity contribution in [3.63, 3.8) is 0 Å². The van der Waals surface area contributed by atoms with Crippen molar-refractivity contribution in [2.75, 3.05) is 18.6 Å². The average Bonchev–Trinajstić information content (AvgIpc) is 2.75. The molecule has 0 aromatic heterocycles. The van der Waals surface area contributed by atoms with E-state index < -0.39 is 0 Å². The molecule has 2 nitrogen and oxygen atoms in total. The maximum atomic E-state index is 5.45. The van der Waals surface area contributed by atoms with E-state index in [1.165, 1.54) is 37.1 Å². The Hall–Kier alpha value is -2.48. The number of anilines is 1. The lowest BCUT2D eigenvalue weighted by atomic mass is 9.76. The fourth-order valence-electron chi connectivity index (χ4n) is 4.89. The summed E-state index contributed by atoms with van der Waals surface area (Å²) in [7, 11) is 1.78. The van der Waals surface area contributed by atoms with Gasteiger partial charge in [0.25, 0.3) is 0 Å². The number of para-hydroxylation sites is 1. The number of hydrogen-bond donors (Lipinski definition) is 0. The summed E-state index contributed by atoms with van der Waals surface area (Å²) in [4.78, 5) is 2.60. The van der Waals surface area contributed by atoms with Crippen LogP contribution < -0.4 is 4.90 Å². The van der Waals surface area contributed by atoms with Crippen molar-refractivity contribution in [2.24, 2.45) is 11.8 Å². The molecule has 29 heavy (non-hydrogen) atoms. The maximum Gasteiger partial charge on any atom is 0.0958 e. The Bertz CT molecular complexity index is 839. The van der Waals surface area contributed by atoms with Gasteiger partial charge in [0.2, 0.25) is 0 Å². The van der Waals surface area contributed by atoms with Crippen LogP contribution in [0.4, 0.5) is 5.69 Å².